The van der Waals surface area contributed by atoms with Gasteiger partial charge in [-0.1, -0.05) is 6.07 Å². The molecule has 1 aliphatic heterocycles. The number of hydrogen-bond acceptors (Lipinski definition) is 3. The summed E-state index contributed by atoms with van der Waals surface area (Å²) >= 11 is 0. The van der Waals surface area contributed by atoms with E-state index in [1.165, 1.54) is 6.07 Å². The smallest absolute Gasteiger partial charge is 0.219 e. The van der Waals surface area contributed by atoms with E-state index in [1.54, 1.807) is 24.8 Å². The van der Waals surface area contributed by atoms with Crippen molar-refractivity contribution in [2.24, 2.45) is 0 Å². The van der Waals surface area contributed by atoms with Gasteiger partial charge in [0.2, 0.25) is 5.91 Å². The molecule has 0 spiro atoms. The van der Waals surface area contributed by atoms with Crippen molar-refractivity contribution >= 4 is 11.6 Å². The number of hydrogen-bond donors (Lipinski definition) is 1. The van der Waals surface area contributed by atoms with E-state index in [0.717, 1.165) is 5.69 Å². The van der Waals surface area contributed by atoms with Crippen molar-refractivity contribution in [2.75, 3.05) is 31.1 Å². The maximum Gasteiger partial charge on any atom is 0.219 e. The van der Waals surface area contributed by atoms with Gasteiger partial charge >= 0.3 is 0 Å². The summed E-state index contributed by atoms with van der Waals surface area (Å²) in [4.78, 5) is 15.1. The van der Waals surface area contributed by atoms with Gasteiger partial charge in [0.05, 0.1) is 6.10 Å². The van der Waals surface area contributed by atoms with Crippen molar-refractivity contribution in [1.82, 2.24) is 4.90 Å². The molecule has 0 saturated carbocycles. The molecule has 1 heterocycles. The molecule has 1 saturated heterocycles. The quantitative estimate of drug-likeness (QED) is 0.883. The highest BCUT2D eigenvalue weighted by Crippen LogP contribution is 2.29. The maximum absolute atomic E-state index is 13.8. The fourth-order valence-electron chi connectivity index (χ4n) is 2.48. The minimum Gasteiger partial charge on any atom is -0.389 e. The van der Waals surface area contributed by atoms with E-state index in [-0.39, 0.29) is 11.7 Å². The molecule has 1 atom stereocenters. The Morgan fingerprint density at radius 2 is 1.95 bits per heavy atom. The van der Waals surface area contributed by atoms with Gasteiger partial charge in [-0.05, 0) is 19.1 Å². The summed E-state index contributed by atoms with van der Waals surface area (Å²) in [6, 6.07) is 4.82. The average molecular weight is 266 g/mol. The van der Waals surface area contributed by atoms with Gasteiger partial charge in [0, 0.05) is 44.4 Å². The van der Waals surface area contributed by atoms with Crippen LogP contribution in [-0.2, 0) is 4.79 Å². The molecule has 1 amide bonds. The fourth-order valence-corrected chi connectivity index (χ4v) is 2.48. The number of aliphatic hydroxyl groups is 1. The Labute approximate surface area is 112 Å². The third kappa shape index (κ3) is 2.87. The van der Waals surface area contributed by atoms with Crippen LogP contribution in [-0.4, -0.2) is 42.1 Å². The van der Waals surface area contributed by atoms with Gasteiger partial charge in [-0.2, -0.15) is 0 Å². The molecule has 1 aliphatic rings. The monoisotopic (exact) mass is 266 g/mol. The predicted molar refractivity (Wildman–Crippen MR) is 71.5 cm³/mol. The molecular weight excluding hydrogens is 247 g/mol. The Hall–Kier alpha value is -1.62. The summed E-state index contributed by atoms with van der Waals surface area (Å²) in [6.45, 7) is 5.69. The molecule has 1 aromatic rings. The normalized spacial score (nSPS) is 17.5. The Balaban J connectivity index is 2.20. The number of halogens is 1. The van der Waals surface area contributed by atoms with Crippen LogP contribution in [0.4, 0.5) is 10.1 Å². The van der Waals surface area contributed by atoms with Crippen LogP contribution in [0.2, 0.25) is 0 Å². The SMILES string of the molecule is CC(=O)N1CCN(c2cccc(F)c2[C@H](C)O)CC1. The van der Waals surface area contributed by atoms with Gasteiger partial charge in [0.25, 0.3) is 0 Å². The van der Waals surface area contributed by atoms with Crippen molar-refractivity contribution in [3.63, 3.8) is 0 Å². The number of piperazine rings is 1. The second-order valence-electron chi connectivity index (χ2n) is 4.84. The zero-order valence-electron chi connectivity index (χ0n) is 11.3. The van der Waals surface area contributed by atoms with Crippen molar-refractivity contribution in [1.29, 1.82) is 0 Å². The average Bonchev–Trinajstić information content (AvgIpc) is 2.38. The van der Waals surface area contributed by atoms with Crippen molar-refractivity contribution in [3.8, 4) is 0 Å². The second-order valence-corrected chi connectivity index (χ2v) is 4.84. The summed E-state index contributed by atoms with van der Waals surface area (Å²) in [6.07, 6.45) is -0.845. The number of rotatable bonds is 2. The number of amides is 1. The molecule has 19 heavy (non-hydrogen) atoms. The molecule has 1 aromatic carbocycles. The zero-order chi connectivity index (χ0) is 14.0. The molecule has 0 radical (unpaired) electrons. The minimum atomic E-state index is -0.845. The third-order valence-corrected chi connectivity index (χ3v) is 3.51. The van der Waals surface area contributed by atoms with E-state index < -0.39 is 6.10 Å². The number of nitrogens with zero attached hydrogens (tertiary/aromatic N) is 2. The van der Waals surface area contributed by atoms with Crippen LogP contribution < -0.4 is 4.90 Å². The lowest BCUT2D eigenvalue weighted by Crippen LogP contribution is -2.48. The zero-order valence-corrected chi connectivity index (χ0v) is 11.3. The third-order valence-electron chi connectivity index (χ3n) is 3.51. The van der Waals surface area contributed by atoms with Crippen LogP contribution in [0.25, 0.3) is 0 Å². The number of carbonyl (C=O) groups excluding carboxylic acids is 1. The number of benzene rings is 1. The molecule has 0 aromatic heterocycles. The highest BCUT2D eigenvalue weighted by atomic mass is 19.1. The van der Waals surface area contributed by atoms with Crippen molar-refractivity contribution < 1.29 is 14.3 Å². The second kappa shape index (κ2) is 5.57. The van der Waals surface area contributed by atoms with Crippen LogP contribution in [0.5, 0.6) is 0 Å². The standard InChI is InChI=1S/C14H19FN2O2/c1-10(18)14-12(15)4-3-5-13(14)17-8-6-16(7-9-17)11(2)19/h3-5,10,18H,6-9H2,1-2H3/t10-/m0/s1. The lowest BCUT2D eigenvalue weighted by molar-refractivity contribution is -0.129. The first-order valence-electron chi connectivity index (χ1n) is 6.47. The molecule has 2 rings (SSSR count). The van der Waals surface area contributed by atoms with Gasteiger partial charge in [-0.15, -0.1) is 0 Å². The largest absolute Gasteiger partial charge is 0.389 e. The molecule has 0 bridgehead atoms. The summed E-state index contributed by atoms with van der Waals surface area (Å²) in [5.41, 5.74) is 1.05. The van der Waals surface area contributed by atoms with E-state index in [4.69, 9.17) is 0 Å². The first-order valence-corrected chi connectivity index (χ1v) is 6.47. The van der Waals surface area contributed by atoms with E-state index in [9.17, 15) is 14.3 Å². The number of anilines is 1. The summed E-state index contributed by atoms with van der Waals surface area (Å²) in [7, 11) is 0. The van der Waals surface area contributed by atoms with Gasteiger partial charge in [-0.3, -0.25) is 4.79 Å². The van der Waals surface area contributed by atoms with Crippen LogP contribution in [0.15, 0.2) is 18.2 Å². The van der Waals surface area contributed by atoms with E-state index in [0.29, 0.717) is 31.7 Å². The lowest BCUT2D eigenvalue weighted by Gasteiger charge is -2.37. The predicted octanol–water partition coefficient (Wildman–Crippen LogP) is 1.55. The molecule has 4 nitrogen and oxygen atoms in total. The van der Waals surface area contributed by atoms with Crippen molar-refractivity contribution in [2.45, 2.75) is 20.0 Å². The molecule has 104 valence electrons. The maximum atomic E-state index is 13.8. The van der Waals surface area contributed by atoms with Gasteiger partial charge < -0.3 is 14.9 Å². The van der Waals surface area contributed by atoms with Crippen molar-refractivity contribution in [3.05, 3.63) is 29.6 Å². The molecule has 1 N–H and O–H groups in total. The molecule has 0 unspecified atom stereocenters. The Kier molecular flexibility index (Phi) is 4.04. The molecular formula is C14H19FN2O2. The lowest BCUT2D eigenvalue weighted by atomic mass is 10.1. The Bertz CT molecular complexity index is 469. The van der Waals surface area contributed by atoms with Crippen LogP contribution in [0, 0.1) is 5.82 Å². The summed E-state index contributed by atoms with van der Waals surface area (Å²) in [5.74, 6) is -0.323. The molecule has 0 aliphatic carbocycles. The van der Waals surface area contributed by atoms with Gasteiger partial charge in [-0.25, -0.2) is 4.39 Å². The van der Waals surface area contributed by atoms with Crippen LogP contribution >= 0.6 is 0 Å². The number of aliphatic hydroxyl groups excluding tert-OH is 1. The van der Waals surface area contributed by atoms with Gasteiger partial charge in [0.1, 0.15) is 5.82 Å². The highest BCUT2D eigenvalue weighted by molar-refractivity contribution is 5.73. The Morgan fingerprint density at radius 3 is 2.47 bits per heavy atom. The van der Waals surface area contributed by atoms with Gasteiger partial charge in [0.15, 0.2) is 0 Å². The fraction of sp³-hybridized carbons (Fsp3) is 0.500. The summed E-state index contributed by atoms with van der Waals surface area (Å²) < 4.78 is 13.8. The Morgan fingerprint density at radius 1 is 1.32 bits per heavy atom. The van der Waals surface area contributed by atoms with Crippen LogP contribution in [0.3, 0.4) is 0 Å². The van der Waals surface area contributed by atoms with E-state index in [2.05, 4.69) is 0 Å². The highest BCUT2D eigenvalue weighted by Gasteiger charge is 2.23. The first-order chi connectivity index (χ1) is 9.00. The molecule has 5 heteroatoms. The van der Waals surface area contributed by atoms with E-state index >= 15 is 0 Å². The first kappa shape index (κ1) is 13.8. The number of carbonyl (C=O) groups is 1. The summed E-state index contributed by atoms with van der Waals surface area (Å²) in [5, 5.41) is 9.73. The topological polar surface area (TPSA) is 43.8 Å². The van der Waals surface area contributed by atoms with Crippen LogP contribution in [0.1, 0.15) is 25.5 Å². The minimum absolute atomic E-state index is 0.0645. The molecule has 1 fully saturated rings. The van der Waals surface area contributed by atoms with E-state index in [1.807, 2.05) is 11.0 Å².